The highest BCUT2D eigenvalue weighted by Gasteiger charge is 2.30. The highest BCUT2D eigenvalue weighted by Crippen LogP contribution is 2.33. The molecule has 1 aliphatic rings. The molecule has 5 nitrogen and oxygen atoms in total. The van der Waals surface area contributed by atoms with Crippen molar-refractivity contribution in [2.45, 2.75) is 0 Å². The second kappa shape index (κ2) is 6.28. The topological polar surface area (TPSA) is 49.3 Å². The summed E-state index contributed by atoms with van der Waals surface area (Å²) < 4.78 is 0.805. The zero-order valence-corrected chi connectivity index (χ0v) is 15.8. The van der Waals surface area contributed by atoms with Gasteiger partial charge in [0, 0.05) is 24.6 Å². The predicted octanol–water partition coefficient (Wildman–Crippen LogP) is 4.14. The van der Waals surface area contributed by atoms with E-state index in [1.807, 2.05) is 42.3 Å². The van der Waals surface area contributed by atoms with Gasteiger partial charge in [-0.3, -0.25) is 9.69 Å². The van der Waals surface area contributed by atoms with Crippen molar-refractivity contribution in [1.29, 1.82) is 0 Å². The van der Waals surface area contributed by atoms with Gasteiger partial charge in [-0.2, -0.15) is 0 Å². The van der Waals surface area contributed by atoms with Crippen molar-refractivity contribution in [1.82, 2.24) is 9.97 Å². The Bertz CT molecular complexity index is 994. The minimum absolute atomic E-state index is 0.176. The highest BCUT2D eigenvalue weighted by molar-refractivity contribution is 9.10. The quantitative estimate of drug-likeness (QED) is 0.597. The van der Waals surface area contributed by atoms with Crippen LogP contribution in [0.5, 0.6) is 0 Å². The summed E-state index contributed by atoms with van der Waals surface area (Å²) in [4.78, 5) is 26.2. The molecule has 3 aromatic rings. The third-order valence-electron chi connectivity index (χ3n) is 4.21. The van der Waals surface area contributed by atoms with E-state index in [-0.39, 0.29) is 5.91 Å². The number of aromatic nitrogens is 2. The van der Waals surface area contributed by atoms with Crippen molar-refractivity contribution < 1.29 is 4.79 Å². The number of halogens is 2. The average molecular weight is 418 g/mol. The van der Waals surface area contributed by atoms with Gasteiger partial charge in [-0.05, 0) is 30.3 Å². The molecule has 4 rings (SSSR count). The van der Waals surface area contributed by atoms with E-state index in [0.29, 0.717) is 35.3 Å². The van der Waals surface area contributed by atoms with E-state index in [4.69, 9.17) is 21.6 Å². The van der Waals surface area contributed by atoms with Crippen LogP contribution in [-0.4, -0.2) is 36.0 Å². The number of rotatable bonds is 1. The van der Waals surface area contributed by atoms with Crippen molar-refractivity contribution in [3.05, 3.63) is 57.5 Å². The number of carbonyl (C=O) groups excluding carboxylic acids is 1. The minimum atomic E-state index is -0.176. The third-order valence-corrected chi connectivity index (χ3v) is 5.04. The monoisotopic (exact) mass is 416 g/mol. The van der Waals surface area contributed by atoms with Crippen LogP contribution in [-0.2, 0) is 0 Å². The predicted molar refractivity (Wildman–Crippen MR) is 104 cm³/mol. The molecule has 2 heterocycles. The van der Waals surface area contributed by atoms with Crippen LogP contribution in [0.15, 0.2) is 46.9 Å². The Hall–Kier alpha value is -2.18. The molecule has 7 heteroatoms. The molecule has 0 aliphatic carbocycles. The van der Waals surface area contributed by atoms with Crippen LogP contribution >= 0.6 is 27.5 Å². The van der Waals surface area contributed by atoms with Crippen molar-refractivity contribution >= 4 is 56.1 Å². The highest BCUT2D eigenvalue weighted by atomic mass is 79.9. The number of hydrogen-bond donors (Lipinski definition) is 0. The van der Waals surface area contributed by atoms with Gasteiger partial charge in [-0.25, -0.2) is 9.97 Å². The molecule has 126 valence electrons. The minimum Gasteiger partial charge on any atom is -0.355 e. The van der Waals surface area contributed by atoms with Gasteiger partial charge < -0.3 is 4.90 Å². The lowest BCUT2D eigenvalue weighted by atomic mass is 10.1. The smallest absolute Gasteiger partial charge is 0.261 e. The molecular formula is C18H14BrClN4O. The van der Waals surface area contributed by atoms with Gasteiger partial charge in [0.15, 0.2) is 11.6 Å². The Balaban J connectivity index is 1.85. The fraction of sp³-hybridized carbons (Fsp3) is 0.167. The molecule has 0 bridgehead atoms. The van der Waals surface area contributed by atoms with E-state index in [0.717, 1.165) is 15.5 Å². The standard InChI is InChI=1S/C18H14BrClN4O/c1-23-8-9-24(18(25)12-10-11(19)6-7-13(12)20)17-16(23)21-14-4-2-3-5-15(14)22-17/h2-7,10H,8-9H2,1H3. The van der Waals surface area contributed by atoms with Crippen LogP contribution < -0.4 is 9.80 Å². The van der Waals surface area contributed by atoms with Gasteiger partial charge in [-0.15, -0.1) is 0 Å². The molecule has 25 heavy (non-hydrogen) atoms. The summed E-state index contributed by atoms with van der Waals surface area (Å²) in [5.74, 6) is 1.09. The summed E-state index contributed by atoms with van der Waals surface area (Å²) in [5, 5.41) is 0.419. The molecule has 0 fully saturated rings. The van der Waals surface area contributed by atoms with Crippen LogP contribution in [0.1, 0.15) is 10.4 Å². The maximum atomic E-state index is 13.1. The zero-order valence-electron chi connectivity index (χ0n) is 13.4. The van der Waals surface area contributed by atoms with Gasteiger partial charge in [0.1, 0.15) is 0 Å². The van der Waals surface area contributed by atoms with Gasteiger partial charge >= 0.3 is 0 Å². The summed E-state index contributed by atoms with van der Waals surface area (Å²) in [6, 6.07) is 12.9. The van der Waals surface area contributed by atoms with Crippen molar-refractivity contribution in [3.63, 3.8) is 0 Å². The number of likely N-dealkylation sites (N-methyl/N-ethyl adjacent to an activating group) is 1. The lowest BCUT2D eigenvalue weighted by Gasteiger charge is -2.34. The molecule has 0 atom stereocenters. The number of carbonyl (C=O) groups is 1. The first-order valence-electron chi connectivity index (χ1n) is 7.79. The van der Waals surface area contributed by atoms with Crippen LogP contribution in [0.4, 0.5) is 11.6 Å². The molecule has 1 aliphatic heterocycles. The van der Waals surface area contributed by atoms with Crippen LogP contribution in [0, 0.1) is 0 Å². The van der Waals surface area contributed by atoms with E-state index >= 15 is 0 Å². The molecular weight excluding hydrogens is 404 g/mol. The van der Waals surface area contributed by atoms with E-state index in [1.165, 1.54) is 0 Å². The van der Waals surface area contributed by atoms with Gasteiger partial charge in [-0.1, -0.05) is 39.7 Å². The van der Waals surface area contributed by atoms with Crippen molar-refractivity contribution in [3.8, 4) is 0 Å². The van der Waals surface area contributed by atoms with Crippen molar-refractivity contribution in [2.75, 3.05) is 29.9 Å². The number of fused-ring (bicyclic) bond motifs is 2. The fourth-order valence-electron chi connectivity index (χ4n) is 2.88. The second-order valence-corrected chi connectivity index (χ2v) is 7.18. The molecule has 0 radical (unpaired) electrons. The molecule has 1 amide bonds. The normalized spacial score (nSPS) is 13.9. The van der Waals surface area contributed by atoms with Crippen LogP contribution in [0.3, 0.4) is 0 Å². The van der Waals surface area contributed by atoms with E-state index < -0.39 is 0 Å². The summed E-state index contributed by atoms with van der Waals surface area (Å²) in [5.41, 5.74) is 2.01. The van der Waals surface area contributed by atoms with Gasteiger partial charge in [0.2, 0.25) is 0 Å². The van der Waals surface area contributed by atoms with Crippen LogP contribution in [0.2, 0.25) is 5.02 Å². The molecule has 0 unspecified atom stereocenters. The number of amides is 1. The lowest BCUT2D eigenvalue weighted by Crippen LogP contribution is -2.43. The van der Waals surface area contributed by atoms with E-state index in [1.54, 1.807) is 17.0 Å². The second-order valence-electron chi connectivity index (χ2n) is 5.86. The largest absolute Gasteiger partial charge is 0.355 e. The lowest BCUT2D eigenvalue weighted by molar-refractivity contribution is 0.0986. The number of hydrogen-bond acceptors (Lipinski definition) is 4. The van der Waals surface area contributed by atoms with Crippen LogP contribution in [0.25, 0.3) is 11.0 Å². The number of benzene rings is 2. The Morgan fingerprint density at radius 2 is 1.76 bits per heavy atom. The summed E-state index contributed by atoms with van der Waals surface area (Å²) >= 11 is 9.64. The van der Waals surface area contributed by atoms with Gasteiger partial charge in [0.05, 0.1) is 21.6 Å². The molecule has 0 N–H and O–H groups in total. The maximum Gasteiger partial charge on any atom is 0.261 e. The summed E-state index contributed by atoms with van der Waals surface area (Å²) in [6.45, 7) is 1.20. The van der Waals surface area contributed by atoms with E-state index in [9.17, 15) is 4.79 Å². The Labute approximate surface area is 158 Å². The van der Waals surface area contributed by atoms with Gasteiger partial charge in [0.25, 0.3) is 5.91 Å². The molecule has 1 aromatic heterocycles. The first-order chi connectivity index (χ1) is 12.0. The summed E-state index contributed by atoms with van der Waals surface area (Å²) in [6.07, 6.45) is 0. The Morgan fingerprint density at radius 1 is 1.08 bits per heavy atom. The average Bonchev–Trinajstić information content (AvgIpc) is 2.62. The maximum absolute atomic E-state index is 13.1. The van der Waals surface area contributed by atoms with E-state index in [2.05, 4.69) is 15.9 Å². The Kier molecular flexibility index (Phi) is 4.09. The SMILES string of the molecule is CN1CCN(C(=O)c2cc(Br)ccc2Cl)c2nc3ccccc3nc21. The number of para-hydroxylation sites is 2. The summed E-state index contributed by atoms with van der Waals surface area (Å²) in [7, 11) is 1.95. The molecule has 0 spiro atoms. The molecule has 2 aromatic carbocycles. The third kappa shape index (κ3) is 2.85. The number of nitrogens with zero attached hydrogens (tertiary/aromatic N) is 4. The molecule has 0 saturated heterocycles. The first-order valence-corrected chi connectivity index (χ1v) is 8.96. The first kappa shape index (κ1) is 16.3. The number of anilines is 2. The fourth-order valence-corrected chi connectivity index (χ4v) is 3.44. The molecule has 0 saturated carbocycles. The van der Waals surface area contributed by atoms with Crippen molar-refractivity contribution in [2.24, 2.45) is 0 Å². The Morgan fingerprint density at radius 3 is 2.48 bits per heavy atom. The zero-order chi connectivity index (χ0) is 17.6.